The number of aromatic nitrogens is 1. The molecule has 1 aromatic rings. The van der Waals surface area contributed by atoms with Crippen LogP contribution in [0.3, 0.4) is 0 Å². The van der Waals surface area contributed by atoms with Crippen LogP contribution in [0.15, 0.2) is 23.1 Å². The molecule has 7 nitrogen and oxygen atoms in total. The largest absolute Gasteiger partial charge is 0.480 e. The molecule has 1 amide bonds. The van der Waals surface area contributed by atoms with Crippen LogP contribution in [0, 0.1) is 5.92 Å². The Kier molecular flexibility index (Phi) is 6.22. The molecule has 0 bridgehead atoms. The molecule has 0 radical (unpaired) electrons. The lowest BCUT2D eigenvalue weighted by atomic mass is 9.99. The van der Waals surface area contributed by atoms with E-state index < -0.39 is 24.0 Å². The Hall–Kier alpha value is -2.31. The Labute approximate surface area is 147 Å². The predicted molar refractivity (Wildman–Crippen MR) is 95.9 cm³/mol. The van der Waals surface area contributed by atoms with E-state index in [0.717, 1.165) is 31.6 Å². The van der Waals surface area contributed by atoms with E-state index in [4.69, 9.17) is 5.11 Å². The van der Waals surface area contributed by atoms with Gasteiger partial charge in [-0.25, -0.2) is 4.79 Å². The number of carboxylic acid groups (broad SMARTS) is 1. The normalized spacial score (nSPS) is 17.8. The van der Waals surface area contributed by atoms with Crippen LogP contribution in [0.25, 0.3) is 0 Å². The van der Waals surface area contributed by atoms with Gasteiger partial charge in [-0.1, -0.05) is 13.8 Å². The van der Waals surface area contributed by atoms with Gasteiger partial charge in [0.15, 0.2) is 0 Å². The molecule has 25 heavy (non-hydrogen) atoms. The summed E-state index contributed by atoms with van der Waals surface area (Å²) in [5, 5.41) is 11.6. The zero-order chi connectivity index (χ0) is 18.6. The first kappa shape index (κ1) is 19.0. The van der Waals surface area contributed by atoms with Gasteiger partial charge in [0.2, 0.25) is 5.91 Å². The van der Waals surface area contributed by atoms with E-state index in [0.29, 0.717) is 5.92 Å². The molecule has 1 aromatic heterocycles. The van der Waals surface area contributed by atoms with Crippen LogP contribution in [0.1, 0.15) is 46.1 Å². The maximum Gasteiger partial charge on any atom is 0.326 e. The number of anilines is 1. The smallest absolute Gasteiger partial charge is 0.326 e. The van der Waals surface area contributed by atoms with Gasteiger partial charge < -0.3 is 19.9 Å². The number of carboxylic acids is 1. The number of pyridine rings is 1. The molecular formula is C18H27N3O4. The number of rotatable bonds is 6. The predicted octanol–water partition coefficient (Wildman–Crippen LogP) is 1.63. The van der Waals surface area contributed by atoms with Crippen molar-refractivity contribution in [1.29, 1.82) is 0 Å². The third kappa shape index (κ3) is 4.61. The minimum absolute atomic E-state index is 0.278. The molecule has 1 saturated heterocycles. The molecule has 0 saturated carbocycles. The standard InChI is InChI=1S/C18H27N3O4/c1-4-15(18(24)25)19-17(23)13(3)21-11-14(5-6-16(21)22)20-9-7-12(2)8-10-20/h5-6,11-13,15H,4,7-10H2,1-3H3,(H,19,23)(H,24,25). The van der Waals surface area contributed by atoms with Crippen molar-refractivity contribution in [3.05, 3.63) is 28.7 Å². The Bertz CT molecular complexity index is 677. The Morgan fingerprint density at radius 3 is 2.52 bits per heavy atom. The van der Waals surface area contributed by atoms with Crippen molar-refractivity contribution in [3.63, 3.8) is 0 Å². The van der Waals surface area contributed by atoms with Crippen molar-refractivity contribution in [2.45, 2.75) is 52.1 Å². The van der Waals surface area contributed by atoms with Crippen molar-refractivity contribution < 1.29 is 14.7 Å². The first-order valence-electron chi connectivity index (χ1n) is 8.83. The van der Waals surface area contributed by atoms with Gasteiger partial charge in [0.25, 0.3) is 5.56 Å². The minimum atomic E-state index is -1.08. The van der Waals surface area contributed by atoms with Crippen LogP contribution in [-0.4, -0.2) is 40.7 Å². The molecule has 7 heteroatoms. The summed E-state index contributed by atoms with van der Waals surface area (Å²) < 4.78 is 1.37. The summed E-state index contributed by atoms with van der Waals surface area (Å²) in [6.45, 7) is 7.38. The van der Waals surface area contributed by atoms with E-state index in [-0.39, 0.29) is 12.0 Å². The van der Waals surface area contributed by atoms with E-state index in [1.807, 2.05) is 0 Å². The molecule has 0 aliphatic carbocycles. The molecule has 0 aromatic carbocycles. The number of amides is 1. The first-order chi connectivity index (χ1) is 11.8. The van der Waals surface area contributed by atoms with Gasteiger partial charge in [-0.05, 0) is 38.2 Å². The average Bonchev–Trinajstić information content (AvgIpc) is 2.59. The van der Waals surface area contributed by atoms with Crippen LogP contribution >= 0.6 is 0 Å². The summed E-state index contributed by atoms with van der Waals surface area (Å²) in [5.74, 6) is -0.846. The lowest BCUT2D eigenvalue weighted by Gasteiger charge is -2.32. The fourth-order valence-corrected chi connectivity index (χ4v) is 3.01. The highest BCUT2D eigenvalue weighted by Gasteiger charge is 2.24. The molecular weight excluding hydrogens is 322 g/mol. The molecule has 1 aliphatic heterocycles. The molecule has 2 heterocycles. The Balaban J connectivity index is 2.17. The highest BCUT2D eigenvalue weighted by Crippen LogP contribution is 2.22. The topological polar surface area (TPSA) is 91.6 Å². The lowest BCUT2D eigenvalue weighted by Crippen LogP contribution is -2.44. The number of carbonyl (C=O) groups is 2. The molecule has 1 fully saturated rings. The van der Waals surface area contributed by atoms with Crippen molar-refractivity contribution in [3.8, 4) is 0 Å². The highest BCUT2D eigenvalue weighted by molar-refractivity contribution is 5.85. The summed E-state index contributed by atoms with van der Waals surface area (Å²) in [4.78, 5) is 37.8. The van der Waals surface area contributed by atoms with Gasteiger partial charge >= 0.3 is 5.97 Å². The van der Waals surface area contributed by atoms with Crippen LogP contribution in [0.2, 0.25) is 0 Å². The quantitative estimate of drug-likeness (QED) is 0.814. The van der Waals surface area contributed by atoms with E-state index in [9.17, 15) is 14.4 Å². The van der Waals surface area contributed by atoms with Gasteiger partial charge in [-0.15, -0.1) is 0 Å². The fourth-order valence-electron chi connectivity index (χ4n) is 3.01. The van der Waals surface area contributed by atoms with Crippen LogP contribution in [0.5, 0.6) is 0 Å². The lowest BCUT2D eigenvalue weighted by molar-refractivity contribution is -0.142. The monoisotopic (exact) mass is 349 g/mol. The molecule has 1 aliphatic rings. The van der Waals surface area contributed by atoms with Gasteiger partial charge in [-0.3, -0.25) is 9.59 Å². The van der Waals surface area contributed by atoms with E-state index in [1.54, 1.807) is 26.1 Å². The first-order valence-corrected chi connectivity index (χ1v) is 8.83. The zero-order valence-electron chi connectivity index (χ0n) is 15.1. The Morgan fingerprint density at radius 1 is 1.32 bits per heavy atom. The van der Waals surface area contributed by atoms with Crippen molar-refractivity contribution >= 4 is 17.6 Å². The maximum atomic E-state index is 12.4. The van der Waals surface area contributed by atoms with Gasteiger partial charge in [0.1, 0.15) is 12.1 Å². The summed E-state index contributed by atoms with van der Waals surface area (Å²) in [6, 6.07) is 1.53. The molecule has 2 atom stereocenters. The second-order valence-electron chi connectivity index (χ2n) is 6.79. The molecule has 2 rings (SSSR count). The second kappa shape index (κ2) is 8.18. The summed E-state index contributed by atoms with van der Waals surface area (Å²) in [7, 11) is 0. The molecule has 2 N–H and O–H groups in total. The van der Waals surface area contributed by atoms with E-state index in [2.05, 4.69) is 17.1 Å². The summed E-state index contributed by atoms with van der Waals surface area (Å²) in [6.07, 6.45) is 4.19. The van der Waals surface area contributed by atoms with Crippen molar-refractivity contribution in [2.24, 2.45) is 5.92 Å². The number of hydrogen-bond acceptors (Lipinski definition) is 4. The third-order valence-electron chi connectivity index (χ3n) is 4.89. The third-order valence-corrected chi connectivity index (χ3v) is 4.89. The molecule has 2 unspecified atom stereocenters. The van der Waals surface area contributed by atoms with Gasteiger partial charge in [0, 0.05) is 25.4 Å². The molecule has 0 spiro atoms. The number of nitrogens with zero attached hydrogens (tertiary/aromatic N) is 2. The Morgan fingerprint density at radius 2 is 1.96 bits per heavy atom. The fraction of sp³-hybridized carbons (Fsp3) is 0.611. The van der Waals surface area contributed by atoms with Crippen LogP contribution in [0.4, 0.5) is 5.69 Å². The second-order valence-corrected chi connectivity index (χ2v) is 6.79. The number of hydrogen-bond donors (Lipinski definition) is 2. The number of aliphatic carboxylic acids is 1. The van der Waals surface area contributed by atoms with E-state index in [1.165, 1.54) is 10.6 Å². The SMILES string of the molecule is CCC(NC(=O)C(C)n1cc(N2CCC(C)CC2)ccc1=O)C(=O)O. The average molecular weight is 349 g/mol. The molecule has 138 valence electrons. The van der Waals surface area contributed by atoms with Gasteiger partial charge in [-0.2, -0.15) is 0 Å². The summed E-state index contributed by atoms with van der Waals surface area (Å²) in [5.41, 5.74) is 0.636. The zero-order valence-corrected chi connectivity index (χ0v) is 15.1. The number of nitrogens with one attached hydrogen (secondary N) is 1. The van der Waals surface area contributed by atoms with E-state index >= 15 is 0 Å². The van der Waals surface area contributed by atoms with Gasteiger partial charge in [0.05, 0.1) is 5.69 Å². The number of carbonyl (C=O) groups excluding carboxylic acids is 1. The minimum Gasteiger partial charge on any atom is -0.480 e. The van der Waals surface area contributed by atoms with Crippen molar-refractivity contribution in [2.75, 3.05) is 18.0 Å². The number of piperidine rings is 1. The highest BCUT2D eigenvalue weighted by atomic mass is 16.4. The summed E-state index contributed by atoms with van der Waals surface area (Å²) >= 11 is 0. The maximum absolute atomic E-state index is 12.4. The van der Waals surface area contributed by atoms with Crippen LogP contribution < -0.4 is 15.8 Å². The van der Waals surface area contributed by atoms with Crippen LogP contribution in [-0.2, 0) is 9.59 Å². The van der Waals surface area contributed by atoms with Crippen molar-refractivity contribution in [1.82, 2.24) is 9.88 Å².